The third-order valence-electron chi connectivity index (χ3n) is 6.65. The SMILES string of the molecule is CCCCCCCCP(CCCC)(CCCC)(CCCC)OS(=O)(=O)c1ccccc1. The van der Waals surface area contributed by atoms with E-state index < -0.39 is 16.9 Å². The minimum atomic E-state index is -3.76. The van der Waals surface area contributed by atoms with Gasteiger partial charge in [-0.05, 0) is 0 Å². The van der Waals surface area contributed by atoms with Crippen LogP contribution in [0.3, 0.4) is 0 Å². The summed E-state index contributed by atoms with van der Waals surface area (Å²) in [5, 5.41) is 0. The van der Waals surface area contributed by atoms with Crippen molar-refractivity contribution < 1.29 is 12.4 Å². The van der Waals surface area contributed by atoms with Gasteiger partial charge in [0.2, 0.25) is 0 Å². The first kappa shape index (κ1) is 28.6. The van der Waals surface area contributed by atoms with Crippen molar-refractivity contribution in [2.75, 3.05) is 24.6 Å². The molecule has 0 spiro atoms. The summed E-state index contributed by atoms with van der Waals surface area (Å²) in [6.45, 7) is 5.99. The van der Waals surface area contributed by atoms with Gasteiger partial charge in [-0.15, -0.1) is 0 Å². The van der Waals surface area contributed by atoms with Gasteiger partial charge in [0.1, 0.15) is 0 Å². The van der Waals surface area contributed by atoms with Crippen molar-refractivity contribution in [1.82, 2.24) is 0 Å². The molecular formula is C26H49O3PS. The molecule has 182 valence electrons. The maximum atomic E-state index is 13.5. The van der Waals surface area contributed by atoms with Crippen molar-refractivity contribution in [1.29, 1.82) is 0 Å². The molecule has 0 aliphatic carbocycles. The van der Waals surface area contributed by atoms with E-state index in [1.807, 2.05) is 6.07 Å². The molecule has 5 heteroatoms. The van der Waals surface area contributed by atoms with Gasteiger partial charge in [0.25, 0.3) is 0 Å². The third kappa shape index (κ3) is 9.52. The zero-order chi connectivity index (χ0) is 23.1. The number of rotatable bonds is 19. The van der Waals surface area contributed by atoms with E-state index in [4.69, 9.17) is 3.97 Å². The van der Waals surface area contributed by atoms with E-state index in [9.17, 15) is 8.42 Å². The van der Waals surface area contributed by atoms with E-state index in [0.29, 0.717) is 4.90 Å². The first-order valence-corrected chi connectivity index (χ1v) is 17.2. The van der Waals surface area contributed by atoms with Crippen molar-refractivity contribution in [3.05, 3.63) is 30.3 Å². The molecule has 0 aromatic heterocycles. The summed E-state index contributed by atoms with van der Waals surface area (Å²) in [6.07, 6.45) is 17.7. The molecule has 0 heterocycles. The standard InChI is InChI=1S/C26H49O3PS/c1-5-9-13-14-15-19-25-30(22-10-6-2,23-11-7-3,24-12-8-4)29-31(27,28)26-20-17-16-18-21-26/h16-18,20-21H,5-15,19,22-25H2,1-4H3. The van der Waals surface area contributed by atoms with E-state index >= 15 is 0 Å². The molecule has 1 aromatic rings. The summed E-state index contributed by atoms with van der Waals surface area (Å²) in [5.41, 5.74) is 0. The molecule has 0 saturated heterocycles. The molecule has 0 saturated carbocycles. The number of hydrogen-bond donors (Lipinski definition) is 0. The van der Waals surface area contributed by atoms with E-state index in [1.54, 1.807) is 24.3 Å². The summed E-state index contributed by atoms with van der Waals surface area (Å²) in [6, 6.07) is 8.82. The van der Waals surface area contributed by atoms with Crippen molar-refractivity contribution in [2.24, 2.45) is 0 Å². The van der Waals surface area contributed by atoms with Crippen LogP contribution in [0.25, 0.3) is 0 Å². The predicted octanol–water partition coefficient (Wildman–Crippen LogP) is 8.62. The molecule has 1 aromatic carbocycles. The molecule has 0 unspecified atom stereocenters. The third-order valence-corrected chi connectivity index (χ3v) is 15.8. The molecule has 0 bridgehead atoms. The monoisotopic (exact) mass is 472 g/mol. The van der Waals surface area contributed by atoms with Gasteiger partial charge in [0.05, 0.1) is 0 Å². The Hall–Kier alpha value is -0.440. The Morgan fingerprint density at radius 1 is 0.613 bits per heavy atom. The second kappa shape index (κ2) is 14.7. The van der Waals surface area contributed by atoms with Crippen molar-refractivity contribution in [3.8, 4) is 0 Å². The number of benzene rings is 1. The summed E-state index contributed by atoms with van der Waals surface area (Å²) in [4.78, 5) is 0.316. The van der Waals surface area contributed by atoms with Crippen molar-refractivity contribution in [2.45, 2.75) is 110 Å². The Balaban J connectivity index is 3.30. The van der Waals surface area contributed by atoms with Crippen molar-refractivity contribution in [3.63, 3.8) is 0 Å². The Bertz CT molecular complexity index is 663. The van der Waals surface area contributed by atoms with Gasteiger partial charge in [0.15, 0.2) is 0 Å². The van der Waals surface area contributed by atoms with Gasteiger partial charge in [-0.2, -0.15) is 0 Å². The number of hydrogen-bond acceptors (Lipinski definition) is 3. The molecule has 0 atom stereocenters. The predicted molar refractivity (Wildman–Crippen MR) is 139 cm³/mol. The molecule has 31 heavy (non-hydrogen) atoms. The molecule has 1 rings (SSSR count). The molecule has 0 aliphatic heterocycles. The van der Waals surface area contributed by atoms with E-state index in [-0.39, 0.29) is 0 Å². The van der Waals surface area contributed by atoms with Crippen LogP contribution in [0.1, 0.15) is 105 Å². The van der Waals surface area contributed by atoms with Crippen LogP contribution >= 0.6 is 6.83 Å². The van der Waals surface area contributed by atoms with Crippen LogP contribution in [0.2, 0.25) is 0 Å². The summed E-state index contributed by atoms with van der Waals surface area (Å²) in [7, 11) is -3.76. The van der Waals surface area contributed by atoms with Crippen LogP contribution in [0.4, 0.5) is 0 Å². The van der Waals surface area contributed by atoms with Crippen LogP contribution in [-0.4, -0.2) is 33.1 Å². The first-order chi connectivity index (χ1) is 14.9. The second-order valence-electron chi connectivity index (χ2n) is 9.42. The number of unbranched alkanes of at least 4 members (excludes halogenated alkanes) is 8. The molecule has 0 fully saturated rings. The van der Waals surface area contributed by atoms with Gasteiger partial charge in [-0.3, -0.25) is 0 Å². The fourth-order valence-corrected chi connectivity index (χ4v) is 14.7. The Kier molecular flexibility index (Phi) is 13.5. The molecular weight excluding hydrogens is 423 g/mol. The average molecular weight is 473 g/mol. The zero-order valence-corrected chi connectivity index (χ0v) is 22.5. The van der Waals surface area contributed by atoms with Crippen LogP contribution in [-0.2, 0) is 14.1 Å². The van der Waals surface area contributed by atoms with Gasteiger partial charge in [-0.25, -0.2) is 0 Å². The molecule has 0 aliphatic rings. The molecule has 0 amide bonds. The van der Waals surface area contributed by atoms with Crippen LogP contribution in [0.5, 0.6) is 0 Å². The van der Waals surface area contributed by atoms with Crippen molar-refractivity contribution >= 4 is 16.9 Å². The molecule has 0 radical (unpaired) electrons. The van der Waals surface area contributed by atoms with Gasteiger partial charge < -0.3 is 0 Å². The van der Waals surface area contributed by atoms with E-state index in [1.165, 1.54) is 32.1 Å². The van der Waals surface area contributed by atoms with Crippen LogP contribution in [0.15, 0.2) is 35.2 Å². The quantitative estimate of drug-likeness (QED) is 0.149. The zero-order valence-electron chi connectivity index (χ0n) is 20.8. The summed E-state index contributed by atoms with van der Waals surface area (Å²) >= 11 is 0. The first-order valence-electron chi connectivity index (χ1n) is 12.9. The van der Waals surface area contributed by atoms with E-state index in [2.05, 4.69) is 27.7 Å². The second-order valence-corrected chi connectivity index (χ2v) is 16.9. The van der Waals surface area contributed by atoms with Gasteiger partial charge in [0, 0.05) is 0 Å². The average Bonchev–Trinajstić information content (AvgIpc) is 2.78. The fourth-order valence-electron chi connectivity index (χ4n) is 4.69. The Morgan fingerprint density at radius 2 is 1.03 bits per heavy atom. The van der Waals surface area contributed by atoms with Gasteiger partial charge in [-0.1, -0.05) is 0 Å². The fraction of sp³-hybridized carbons (Fsp3) is 0.769. The van der Waals surface area contributed by atoms with Gasteiger partial charge >= 0.3 is 194 Å². The topological polar surface area (TPSA) is 43.4 Å². The van der Waals surface area contributed by atoms with E-state index in [0.717, 1.165) is 69.6 Å². The Labute approximate surface area is 193 Å². The normalized spacial score (nSPS) is 13.7. The molecule has 3 nitrogen and oxygen atoms in total. The van der Waals surface area contributed by atoms with Crippen LogP contribution < -0.4 is 0 Å². The Morgan fingerprint density at radius 3 is 1.52 bits per heavy atom. The summed E-state index contributed by atoms with van der Waals surface area (Å²) < 4.78 is 33.7. The van der Waals surface area contributed by atoms with Crippen LogP contribution in [0, 0.1) is 0 Å². The summed E-state index contributed by atoms with van der Waals surface area (Å²) in [5.74, 6) is 0. The molecule has 0 N–H and O–H groups in total. The maximum absolute atomic E-state index is 13.5. The minimum absolute atomic E-state index is 0.316.